The fraction of sp³-hybridized carbons (Fsp3) is 0.312. The Hall–Kier alpha value is -1.88. The molecule has 21 heavy (non-hydrogen) atoms. The van der Waals surface area contributed by atoms with Gasteiger partial charge in [-0.2, -0.15) is 0 Å². The van der Waals surface area contributed by atoms with Crippen molar-refractivity contribution in [3.63, 3.8) is 0 Å². The van der Waals surface area contributed by atoms with Crippen molar-refractivity contribution in [2.24, 2.45) is 5.73 Å². The predicted octanol–water partition coefficient (Wildman–Crippen LogP) is 3.95. The molecule has 0 saturated carbocycles. The summed E-state index contributed by atoms with van der Waals surface area (Å²) in [6, 6.07) is 6.72. The molecule has 3 rings (SSSR count). The van der Waals surface area contributed by atoms with E-state index >= 15 is 0 Å². The van der Waals surface area contributed by atoms with Crippen LogP contribution >= 0.6 is 0 Å². The summed E-state index contributed by atoms with van der Waals surface area (Å²) in [6.45, 7) is 0. The SMILES string of the molecule is N[C@H]1CC[C@H](c2cccc(F)c2F)[C@H](F)c2cccnc21. The van der Waals surface area contributed by atoms with Crippen LogP contribution in [0.2, 0.25) is 0 Å². The van der Waals surface area contributed by atoms with Crippen molar-refractivity contribution >= 4 is 0 Å². The first kappa shape index (κ1) is 14.1. The van der Waals surface area contributed by atoms with Crippen molar-refractivity contribution in [1.29, 1.82) is 0 Å². The van der Waals surface area contributed by atoms with Crippen LogP contribution < -0.4 is 5.73 Å². The van der Waals surface area contributed by atoms with Gasteiger partial charge in [0.15, 0.2) is 11.6 Å². The summed E-state index contributed by atoms with van der Waals surface area (Å²) in [5.74, 6) is -2.69. The summed E-state index contributed by atoms with van der Waals surface area (Å²) in [5.41, 5.74) is 6.96. The Morgan fingerprint density at radius 2 is 1.81 bits per heavy atom. The number of rotatable bonds is 1. The Kier molecular flexibility index (Phi) is 3.68. The molecule has 110 valence electrons. The molecule has 0 saturated heterocycles. The predicted molar refractivity (Wildman–Crippen MR) is 73.3 cm³/mol. The van der Waals surface area contributed by atoms with Gasteiger partial charge in [-0.3, -0.25) is 4.98 Å². The second-order valence-corrected chi connectivity index (χ2v) is 5.31. The Labute approximate surface area is 120 Å². The van der Waals surface area contributed by atoms with Gasteiger partial charge in [0, 0.05) is 23.7 Å². The first-order chi connectivity index (χ1) is 10.1. The van der Waals surface area contributed by atoms with Crippen LogP contribution in [0.4, 0.5) is 13.2 Å². The first-order valence-corrected chi connectivity index (χ1v) is 6.88. The third kappa shape index (κ3) is 2.42. The van der Waals surface area contributed by atoms with E-state index in [1.54, 1.807) is 18.3 Å². The zero-order valence-corrected chi connectivity index (χ0v) is 11.3. The van der Waals surface area contributed by atoms with Crippen molar-refractivity contribution < 1.29 is 13.2 Å². The van der Waals surface area contributed by atoms with Gasteiger partial charge >= 0.3 is 0 Å². The molecular formula is C16H15F3N2. The Balaban J connectivity index is 2.07. The first-order valence-electron chi connectivity index (χ1n) is 6.88. The molecule has 1 aliphatic carbocycles. The van der Waals surface area contributed by atoms with Crippen molar-refractivity contribution in [2.75, 3.05) is 0 Å². The van der Waals surface area contributed by atoms with Crippen molar-refractivity contribution in [3.05, 3.63) is 65.0 Å². The number of pyridine rings is 1. The Morgan fingerprint density at radius 3 is 2.62 bits per heavy atom. The zero-order chi connectivity index (χ0) is 15.0. The summed E-state index contributed by atoms with van der Waals surface area (Å²) in [7, 11) is 0. The van der Waals surface area contributed by atoms with E-state index in [4.69, 9.17) is 5.73 Å². The maximum Gasteiger partial charge on any atom is 0.162 e. The molecule has 1 heterocycles. The highest BCUT2D eigenvalue weighted by Gasteiger charge is 2.34. The largest absolute Gasteiger partial charge is 0.323 e. The number of nitrogens with zero attached hydrogens (tertiary/aromatic N) is 1. The minimum atomic E-state index is -1.45. The lowest BCUT2D eigenvalue weighted by molar-refractivity contribution is 0.274. The van der Waals surface area contributed by atoms with Gasteiger partial charge in [0.2, 0.25) is 0 Å². The quantitative estimate of drug-likeness (QED) is 0.808. The van der Waals surface area contributed by atoms with E-state index < -0.39 is 23.7 Å². The molecule has 0 radical (unpaired) electrons. The number of hydrogen-bond acceptors (Lipinski definition) is 2. The summed E-state index contributed by atoms with van der Waals surface area (Å²) in [5, 5.41) is 0. The van der Waals surface area contributed by atoms with Crippen LogP contribution in [-0.4, -0.2) is 4.98 Å². The molecule has 1 aliphatic rings. The molecule has 1 aromatic heterocycles. The van der Waals surface area contributed by atoms with Gasteiger partial charge in [0.1, 0.15) is 6.17 Å². The molecule has 0 spiro atoms. The van der Waals surface area contributed by atoms with Gasteiger partial charge in [-0.1, -0.05) is 18.2 Å². The third-order valence-electron chi connectivity index (χ3n) is 4.04. The standard InChI is InChI=1S/C16H15F3N2/c17-12-5-1-3-9(15(12)19)10-6-7-13(20)16-11(14(10)18)4-2-8-21-16/h1-5,8,10,13-14H,6-7,20H2/t10-,13+,14+/m1/s1. The average Bonchev–Trinajstić information content (AvgIpc) is 2.62. The minimum absolute atomic E-state index is 0.0615. The lowest BCUT2D eigenvalue weighted by atomic mass is 9.88. The Morgan fingerprint density at radius 1 is 1.05 bits per heavy atom. The van der Waals surface area contributed by atoms with E-state index in [-0.39, 0.29) is 11.6 Å². The summed E-state index contributed by atoms with van der Waals surface area (Å²) in [4.78, 5) is 4.15. The highest BCUT2D eigenvalue weighted by molar-refractivity contribution is 5.33. The van der Waals surface area contributed by atoms with Crippen LogP contribution in [0.25, 0.3) is 0 Å². The maximum absolute atomic E-state index is 14.9. The van der Waals surface area contributed by atoms with Gasteiger partial charge in [0.25, 0.3) is 0 Å². The Bertz CT molecular complexity index is 660. The maximum atomic E-state index is 14.9. The van der Waals surface area contributed by atoms with E-state index in [2.05, 4.69) is 4.98 Å². The number of aromatic nitrogens is 1. The number of halogens is 3. The van der Waals surface area contributed by atoms with Crippen LogP contribution in [-0.2, 0) is 0 Å². The second-order valence-electron chi connectivity index (χ2n) is 5.31. The van der Waals surface area contributed by atoms with Crippen LogP contribution in [0, 0.1) is 11.6 Å². The molecule has 2 aromatic rings. The summed E-state index contributed by atoms with van der Waals surface area (Å²) < 4.78 is 42.3. The minimum Gasteiger partial charge on any atom is -0.323 e. The monoisotopic (exact) mass is 292 g/mol. The van der Waals surface area contributed by atoms with E-state index in [9.17, 15) is 13.2 Å². The molecule has 0 fully saturated rings. The van der Waals surface area contributed by atoms with Gasteiger partial charge in [-0.25, -0.2) is 13.2 Å². The molecule has 0 unspecified atom stereocenters. The lowest BCUT2D eigenvalue weighted by Gasteiger charge is -2.20. The summed E-state index contributed by atoms with van der Waals surface area (Å²) in [6.07, 6.45) is 0.942. The number of fused-ring (bicyclic) bond motifs is 1. The second kappa shape index (κ2) is 5.48. The molecule has 0 bridgehead atoms. The average molecular weight is 292 g/mol. The van der Waals surface area contributed by atoms with E-state index in [1.165, 1.54) is 12.1 Å². The van der Waals surface area contributed by atoms with E-state index in [1.807, 2.05) is 0 Å². The highest BCUT2D eigenvalue weighted by Crippen LogP contribution is 2.44. The fourth-order valence-corrected chi connectivity index (χ4v) is 2.95. The van der Waals surface area contributed by atoms with Gasteiger partial charge < -0.3 is 5.73 Å². The van der Waals surface area contributed by atoms with Gasteiger partial charge in [-0.05, 0) is 30.5 Å². The lowest BCUT2D eigenvalue weighted by Crippen LogP contribution is -2.12. The molecular weight excluding hydrogens is 277 g/mol. The zero-order valence-electron chi connectivity index (χ0n) is 11.3. The van der Waals surface area contributed by atoms with Crippen LogP contribution in [0.15, 0.2) is 36.5 Å². The number of benzene rings is 1. The third-order valence-corrected chi connectivity index (χ3v) is 4.04. The molecule has 1 aromatic carbocycles. The topological polar surface area (TPSA) is 38.9 Å². The van der Waals surface area contributed by atoms with Crippen LogP contribution in [0.1, 0.15) is 47.8 Å². The van der Waals surface area contributed by atoms with E-state index in [0.29, 0.717) is 24.1 Å². The highest BCUT2D eigenvalue weighted by atomic mass is 19.2. The summed E-state index contributed by atoms with van der Waals surface area (Å²) >= 11 is 0. The molecule has 3 atom stereocenters. The van der Waals surface area contributed by atoms with Gasteiger partial charge in [-0.15, -0.1) is 0 Å². The molecule has 0 amide bonds. The van der Waals surface area contributed by atoms with Crippen LogP contribution in [0.3, 0.4) is 0 Å². The molecule has 5 heteroatoms. The van der Waals surface area contributed by atoms with E-state index in [0.717, 1.165) is 6.07 Å². The molecule has 2 N–H and O–H groups in total. The molecule has 2 nitrogen and oxygen atoms in total. The van der Waals surface area contributed by atoms with Crippen LogP contribution in [0.5, 0.6) is 0 Å². The number of hydrogen-bond donors (Lipinski definition) is 1. The van der Waals surface area contributed by atoms with Crippen molar-refractivity contribution in [2.45, 2.75) is 31.0 Å². The number of alkyl halides is 1. The van der Waals surface area contributed by atoms with Gasteiger partial charge in [0.05, 0.1) is 5.69 Å². The smallest absolute Gasteiger partial charge is 0.162 e. The fourth-order valence-electron chi connectivity index (χ4n) is 2.95. The molecule has 0 aliphatic heterocycles. The normalized spacial score (nSPS) is 25.2. The van der Waals surface area contributed by atoms with Crippen molar-refractivity contribution in [3.8, 4) is 0 Å². The van der Waals surface area contributed by atoms with Crippen molar-refractivity contribution in [1.82, 2.24) is 4.98 Å². The number of nitrogens with two attached hydrogens (primary N) is 1.